The average molecular weight is 301 g/mol. The van der Waals surface area contributed by atoms with Gasteiger partial charge in [0.15, 0.2) is 0 Å². The van der Waals surface area contributed by atoms with Gasteiger partial charge in [-0.3, -0.25) is 0 Å². The minimum absolute atomic E-state index is 0.535. The van der Waals surface area contributed by atoms with Gasteiger partial charge in [-0.05, 0) is 35.4 Å². The van der Waals surface area contributed by atoms with Gasteiger partial charge in [-0.15, -0.1) is 11.6 Å². The molecule has 0 atom stereocenters. The fourth-order valence-corrected chi connectivity index (χ4v) is 2.06. The summed E-state index contributed by atoms with van der Waals surface area (Å²) in [5.74, 6) is 0.535. The number of benzene rings is 2. The summed E-state index contributed by atoms with van der Waals surface area (Å²) in [6.07, 6.45) is 0. The molecule has 2 aromatic carbocycles. The van der Waals surface area contributed by atoms with E-state index in [1.165, 1.54) is 0 Å². The van der Waals surface area contributed by atoms with E-state index in [0.29, 0.717) is 22.5 Å². The van der Waals surface area contributed by atoms with E-state index in [4.69, 9.17) is 34.8 Å². The molecule has 0 aliphatic carbocycles. The molecular weight excluding hydrogens is 289 g/mol. The van der Waals surface area contributed by atoms with Gasteiger partial charge in [0.05, 0.1) is 10.0 Å². The Kier molecular flexibility index (Phi) is 4.76. The predicted octanol–water partition coefficient (Wildman–Crippen LogP) is 5.34. The molecule has 94 valence electrons. The summed E-state index contributed by atoms with van der Waals surface area (Å²) in [6.45, 7) is 0.705. The van der Waals surface area contributed by atoms with Gasteiger partial charge in [-0.2, -0.15) is 0 Å². The van der Waals surface area contributed by atoms with Crippen LogP contribution in [0, 0.1) is 0 Å². The van der Waals surface area contributed by atoms with Crippen LogP contribution in [0.25, 0.3) is 0 Å². The molecule has 0 saturated carbocycles. The molecule has 0 fully saturated rings. The molecule has 0 spiro atoms. The van der Waals surface area contributed by atoms with Crippen molar-refractivity contribution in [2.24, 2.45) is 0 Å². The molecule has 0 saturated heterocycles. The Balaban J connectivity index is 1.99. The Morgan fingerprint density at radius 3 is 2.11 bits per heavy atom. The van der Waals surface area contributed by atoms with Crippen LogP contribution in [0.1, 0.15) is 11.1 Å². The Bertz CT molecular complexity index is 523. The molecule has 2 rings (SSSR count). The first-order valence-corrected chi connectivity index (χ1v) is 6.81. The first-order chi connectivity index (χ1) is 8.69. The van der Waals surface area contributed by atoms with Crippen molar-refractivity contribution in [3.63, 3.8) is 0 Å². The van der Waals surface area contributed by atoms with E-state index in [-0.39, 0.29) is 0 Å². The minimum atomic E-state index is 0.535. The van der Waals surface area contributed by atoms with Crippen molar-refractivity contribution in [1.29, 1.82) is 0 Å². The van der Waals surface area contributed by atoms with Gasteiger partial charge < -0.3 is 5.32 Å². The number of anilines is 1. The molecule has 1 N–H and O–H groups in total. The van der Waals surface area contributed by atoms with Crippen molar-refractivity contribution < 1.29 is 0 Å². The number of nitrogens with one attached hydrogen (secondary N) is 1. The fourth-order valence-electron chi connectivity index (χ4n) is 1.57. The largest absolute Gasteiger partial charge is 0.381 e. The molecule has 0 bridgehead atoms. The summed E-state index contributed by atoms with van der Waals surface area (Å²) in [5.41, 5.74) is 3.25. The van der Waals surface area contributed by atoms with Crippen molar-refractivity contribution in [3.05, 3.63) is 63.6 Å². The second kappa shape index (κ2) is 6.33. The maximum atomic E-state index is 5.96. The molecule has 0 amide bonds. The van der Waals surface area contributed by atoms with Crippen molar-refractivity contribution in [1.82, 2.24) is 0 Å². The Labute approximate surface area is 122 Å². The molecule has 0 aliphatic heterocycles. The number of hydrogen-bond acceptors (Lipinski definition) is 1. The third-order valence-electron chi connectivity index (χ3n) is 2.59. The van der Waals surface area contributed by atoms with E-state index in [1.54, 1.807) is 6.07 Å². The standard InChI is InChI=1S/C14H12Cl3N/c15-8-10-1-4-12(5-2-10)18-9-11-3-6-13(16)14(17)7-11/h1-7,18H,8-9H2. The molecular formula is C14H12Cl3N. The third-order valence-corrected chi connectivity index (χ3v) is 3.64. The van der Waals surface area contributed by atoms with Crippen LogP contribution >= 0.6 is 34.8 Å². The lowest BCUT2D eigenvalue weighted by Crippen LogP contribution is -1.99. The smallest absolute Gasteiger partial charge is 0.0595 e. The van der Waals surface area contributed by atoms with Crippen LogP contribution in [-0.2, 0) is 12.4 Å². The zero-order chi connectivity index (χ0) is 13.0. The fraction of sp³-hybridized carbons (Fsp3) is 0.143. The zero-order valence-electron chi connectivity index (χ0n) is 9.59. The molecule has 0 aromatic heterocycles. The molecule has 18 heavy (non-hydrogen) atoms. The summed E-state index contributed by atoms with van der Waals surface area (Å²) in [7, 11) is 0. The molecule has 1 nitrogen and oxygen atoms in total. The average Bonchev–Trinajstić information content (AvgIpc) is 2.41. The van der Waals surface area contributed by atoms with Gasteiger partial charge >= 0.3 is 0 Å². The lowest BCUT2D eigenvalue weighted by molar-refractivity contribution is 1.15. The summed E-state index contributed by atoms with van der Waals surface area (Å²) < 4.78 is 0. The summed E-state index contributed by atoms with van der Waals surface area (Å²) in [4.78, 5) is 0. The van der Waals surface area contributed by atoms with E-state index in [2.05, 4.69) is 5.32 Å². The van der Waals surface area contributed by atoms with Crippen molar-refractivity contribution >= 4 is 40.5 Å². The molecule has 2 aromatic rings. The maximum Gasteiger partial charge on any atom is 0.0595 e. The molecule has 0 radical (unpaired) electrons. The lowest BCUT2D eigenvalue weighted by Gasteiger charge is -2.08. The summed E-state index contributed by atoms with van der Waals surface area (Å²) in [5, 5.41) is 4.47. The Hall–Kier alpha value is -0.890. The molecule has 0 aliphatic rings. The second-order valence-electron chi connectivity index (χ2n) is 3.93. The van der Waals surface area contributed by atoms with Gasteiger partial charge in [-0.25, -0.2) is 0 Å². The highest BCUT2D eigenvalue weighted by molar-refractivity contribution is 6.42. The Morgan fingerprint density at radius 2 is 1.50 bits per heavy atom. The maximum absolute atomic E-state index is 5.96. The monoisotopic (exact) mass is 299 g/mol. The Morgan fingerprint density at radius 1 is 0.833 bits per heavy atom. The first kappa shape index (κ1) is 13.5. The SMILES string of the molecule is ClCc1ccc(NCc2ccc(Cl)c(Cl)c2)cc1. The van der Waals surface area contributed by atoms with Crippen LogP contribution < -0.4 is 5.32 Å². The van der Waals surface area contributed by atoms with Crippen LogP contribution in [0.2, 0.25) is 10.0 Å². The molecule has 0 heterocycles. The van der Waals surface area contributed by atoms with Gasteiger partial charge in [0.2, 0.25) is 0 Å². The van der Waals surface area contributed by atoms with E-state index in [0.717, 1.165) is 16.8 Å². The lowest BCUT2D eigenvalue weighted by atomic mass is 10.2. The van der Waals surface area contributed by atoms with Crippen molar-refractivity contribution in [3.8, 4) is 0 Å². The van der Waals surface area contributed by atoms with Gasteiger partial charge in [-0.1, -0.05) is 41.4 Å². The van der Waals surface area contributed by atoms with E-state index >= 15 is 0 Å². The van der Waals surface area contributed by atoms with Gasteiger partial charge in [0.25, 0.3) is 0 Å². The number of halogens is 3. The van der Waals surface area contributed by atoms with Crippen molar-refractivity contribution in [2.45, 2.75) is 12.4 Å². The number of alkyl halides is 1. The second-order valence-corrected chi connectivity index (χ2v) is 5.01. The number of hydrogen-bond donors (Lipinski definition) is 1. The first-order valence-electron chi connectivity index (χ1n) is 5.52. The third kappa shape index (κ3) is 3.55. The highest BCUT2D eigenvalue weighted by atomic mass is 35.5. The normalized spacial score (nSPS) is 10.4. The molecule has 4 heteroatoms. The zero-order valence-corrected chi connectivity index (χ0v) is 11.9. The van der Waals surface area contributed by atoms with Crippen LogP contribution in [0.5, 0.6) is 0 Å². The van der Waals surface area contributed by atoms with Crippen molar-refractivity contribution in [2.75, 3.05) is 5.32 Å². The van der Waals surface area contributed by atoms with E-state index in [9.17, 15) is 0 Å². The molecule has 0 unspecified atom stereocenters. The minimum Gasteiger partial charge on any atom is -0.381 e. The topological polar surface area (TPSA) is 12.0 Å². The quantitative estimate of drug-likeness (QED) is 0.751. The highest BCUT2D eigenvalue weighted by Crippen LogP contribution is 2.23. The van der Waals surface area contributed by atoms with Gasteiger partial charge in [0.1, 0.15) is 0 Å². The van der Waals surface area contributed by atoms with E-state index < -0.39 is 0 Å². The summed E-state index contributed by atoms with van der Waals surface area (Å²) >= 11 is 17.6. The predicted molar refractivity (Wildman–Crippen MR) is 79.8 cm³/mol. The number of rotatable bonds is 4. The van der Waals surface area contributed by atoms with Crippen LogP contribution in [0.3, 0.4) is 0 Å². The van der Waals surface area contributed by atoms with Gasteiger partial charge in [0, 0.05) is 18.1 Å². The van der Waals surface area contributed by atoms with E-state index in [1.807, 2.05) is 36.4 Å². The van der Waals surface area contributed by atoms with Crippen LogP contribution in [0.15, 0.2) is 42.5 Å². The van der Waals surface area contributed by atoms with Crippen LogP contribution in [0.4, 0.5) is 5.69 Å². The van der Waals surface area contributed by atoms with Crippen LogP contribution in [-0.4, -0.2) is 0 Å². The summed E-state index contributed by atoms with van der Waals surface area (Å²) in [6, 6.07) is 13.6. The highest BCUT2D eigenvalue weighted by Gasteiger charge is 1.99.